The molecular formula is C17H22N2O4S. The molecule has 1 atom stereocenters. The lowest BCUT2D eigenvalue weighted by Gasteiger charge is -2.28. The summed E-state index contributed by atoms with van der Waals surface area (Å²) >= 11 is 1.58. The molecular weight excluding hydrogens is 328 g/mol. The lowest BCUT2D eigenvalue weighted by molar-refractivity contribution is -0.142. The van der Waals surface area contributed by atoms with E-state index in [4.69, 9.17) is 5.11 Å². The predicted octanol–water partition coefficient (Wildman–Crippen LogP) is 1.70. The van der Waals surface area contributed by atoms with Gasteiger partial charge in [0.15, 0.2) is 0 Å². The number of nitrogens with zero attached hydrogens (tertiary/aromatic N) is 2. The zero-order valence-electron chi connectivity index (χ0n) is 13.9. The largest absolute Gasteiger partial charge is 0.478 e. The maximum absolute atomic E-state index is 12.6. The molecule has 0 aromatic heterocycles. The number of rotatable bonds is 6. The van der Waals surface area contributed by atoms with Crippen LogP contribution >= 0.6 is 11.8 Å². The topological polar surface area (TPSA) is 77.9 Å². The fraction of sp³-hybridized carbons (Fsp3) is 0.471. The van der Waals surface area contributed by atoms with Gasteiger partial charge in [0.25, 0.3) is 0 Å². The van der Waals surface area contributed by atoms with Gasteiger partial charge in [-0.25, -0.2) is 4.79 Å². The Hall–Kier alpha value is -2.02. The highest BCUT2D eigenvalue weighted by atomic mass is 32.2. The molecule has 1 heterocycles. The van der Waals surface area contributed by atoms with Crippen LogP contribution in [-0.4, -0.2) is 63.5 Å². The van der Waals surface area contributed by atoms with E-state index >= 15 is 0 Å². The summed E-state index contributed by atoms with van der Waals surface area (Å²) in [6.45, 7) is 5.13. The number of carboxylic acids is 1. The molecule has 0 bridgehead atoms. The van der Waals surface area contributed by atoms with Crippen LogP contribution in [0.4, 0.5) is 0 Å². The van der Waals surface area contributed by atoms with Gasteiger partial charge in [0, 0.05) is 18.8 Å². The summed E-state index contributed by atoms with van der Waals surface area (Å²) in [6, 6.07) is 5.86. The fourth-order valence-corrected chi connectivity index (χ4v) is 3.85. The third-order valence-electron chi connectivity index (χ3n) is 4.12. The molecule has 0 radical (unpaired) electrons. The van der Waals surface area contributed by atoms with E-state index in [0.29, 0.717) is 24.7 Å². The van der Waals surface area contributed by atoms with Crippen LogP contribution in [0, 0.1) is 0 Å². The first-order valence-electron chi connectivity index (χ1n) is 7.96. The Balaban J connectivity index is 2.05. The Kier molecular flexibility index (Phi) is 6.25. The molecule has 2 rings (SSSR count). The van der Waals surface area contributed by atoms with Crippen LogP contribution in [0.3, 0.4) is 0 Å². The normalized spacial score (nSPS) is 16.9. The third kappa shape index (κ3) is 4.08. The number of carboxylic acid groups (broad SMARTS) is 1. The van der Waals surface area contributed by atoms with Gasteiger partial charge in [-0.3, -0.25) is 9.59 Å². The van der Waals surface area contributed by atoms with Crippen LogP contribution in [0.25, 0.3) is 0 Å². The second-order valence-electron chi connectivity index (χ2n) is 5.57. The quantitative estimate of drug-likeness (QED) is 0.845. The van der Waals surface area contributed by atoms with Gasteiger partial charge in [-0.05, 0) is 31.5 Å². The number of benzene rings is 1. The van der Waals surface area contributed by atoms with Gasteiger partial charge >= 0.3 is 5.97 Å². The van der Waals surface area contributed by atoms with Crippen molar-refractivity contribution < 1.29 is 19.5 Å². The third-order valence-corrected chi connectivity index (χ3v) is 5.13. The van der Waals surface area contributed by atoms with Crippen LogP contribution in [-0.2, 0) is 16.0 Å². The second kappa shape index (κ2) is 8.19. The first kappa shape index (κ1) is 18.3. The van der Waals surface area contributed by atoms with Crippen LogP contribution in [0.5, 0.6) is 0 Å². The maximum Gasteiger partial charge on any atom is 0.335 e. The SMILES string of the molecule is CCN(CC)C(=O)C1CSCN1C(=O)Cc1ccc(C(=O)O)cc1. The van der Waals surface area contributed by atoms with E-state index in [0.717, 1.165) is 5.56 Å². The van der Waals surface area contributed by atoms with Crippen molar-refractivity contribution in [3.05, 3.63) is 35.4 Å². The van der Waals surface area contributed by atoms with Gasteiger partial charge in [0.2, 0.25) is 11.8 Å². The molecule has 6 nitrogen and oxygen atoms in total. The first-order valence-corrected chi connectivity index (χ1v) is 9.11. The number of carbonyl (C=O) groups excluding carboxylic acids is 2. The Morgan fingerprint density at radius 2 is 1.83 bits per heavy atom. The molecule has 130 valence electrons. The van der Waals surface area contributed by atoms with E-state index in [2.05, 4.69) is 0 Å². The number of amides is 2. The van der Waals surface area contributed by atoms with E-state index in [1.54, 1.807) is 33.7 Å². The molecule has 7 heteroatoms. The van der Waals surface area contributed by atoms with Crippen molar-refractivity contribution in [2.75, 3.05) is 24.7 Å². The summed E-state index contributed by atoms with van der Waals surface area (Å²) in [5.74, 6) is 0.0461. The number of likely N-dealkylation sites (N-methyl/N-ethyl adjacent to an activating group) is 1. The van der Waals surface area contributed by atoms with Crippen LogP contribution in [0.15, 0.2) is 24.3 Å². The number of aromatic carboxylic acids is 1. The van der Waals surface area contributed by atoms with Crippen molar-refractivity contribution in [2.45, 2.75) is 26.3 Å². The number of thioether (sulfide) groups is 1. The lowest BCUT2D eigenvalue weighted by Crippen LogP contribution is -2.49. The number of hydrogen-bond acceptors (Lipinski definition) is 4. The monoisotopic (exact) mass is 350 g/mol. The first-order chi connectivity index (χ1) is 11.5. The van der Waals surface area contributed by atoms with Crippen molar-refractivity contribution >= 4 is 29.5 Å². The predicted molar refractivity (Wildman–Crippen MR) is 93.0 cm³/mol. The van der Waals surface area contributed by atoms with Crippen LogP contribution < -0.4 is 0 Å². The molecule has 0 saturated carbocycles. The summed E-state index contributed by atoms with van der Waals surface area (Å²) in [7, 11) is 0. The summed E-state index contributed by atoms with van der Waals surface area (Å²) in [5, 5.41) is 8.90. The Bertz CT molecular complexity index is 614. The summed E-state index contributed by atoms with van der Waals surface area (Å²) in [4.78, 5) is 39.4. The second-order valence-corrected chi connectivity index (χ2v) is 6.57. The van der Waals surface area contributed by atoms with Gasteiger partial charge in [0.1, 0.15) is 6.04 Å². The van der Waals surface area contributed by atoms with E-state index in [1.807, 2.05) is 13.8 Å². The van der Waals surface area contributed by atoms with Gasteiger partial charge in [0.05, 0.1) is 17.9 Å². The summed E-state index contributed by atoms with van der Waals surface area (Å²) in [5.41, 5.74) is 0.938. The van der Waals surface area contributed by atoms with Gasteiger partial charge in [-0.2, -0.15) is 0 Å². The lowest BCUT2D eigenvalue weighted by atomic mass is 10.1. The van der Waals surface area contributed by atoms with Crippen molar-refractivity contribution in [3.63, 3.8) is 0 Å². The molecule has 24 heavy (non-hydrogen) atoms. The van der Waals surface area contributed by atoms with Gasteiger partial charge in [-0.15, -0.1) is 11.8 Å². The number of carbonyl (C=O) groups is 3. The molecule has 1 unspecified atom stereocenters. The average Bonchev–Trinajstić information content (AvgIpc) is 3.06. The molecule has 0 spiro atoms. The highest BCUT2D eigenvalue weighted by Gasteiger charge is 2.36. The zero-order chi connectivity index (χ0) is 17.7. The maximum atomic E-state index is 12.6. The highest BCUT2D eigenvalue weighted by Crippen LogP contribution is 2.23. The van der Waals surface area contributed by atoms with Crippen LogP contribution in [0.2, 0.25) is 0 Å². The minimum absolute atomic E-state index is 0.000393. The van der Waals surface area contributed by atoms with E-state index in [-0.39, 0.29) is 23.8 Å². The van der Waals surface area contributed by atoms with Crippen molar-refractivity contribution in [1.29, 1.82) is 0 Å². The Morgan fingerprint density at radius 3 is 2.38 bits per heavy atom. The standard InChI is InChI=1S/C17H22N2O4S/c1-3-18(4-2)16(21)14-10-24-11-19(14)15(20)9-12-5-7-13(8-6-12)17(22)23/h5-8,14H,3-4,9-11H2,1-2H3,(H,22,23). The van der Waals surface area contributed by atoms with Gasteiger partial charge in [-0.1, -0.05) is 12.1 Å². The smallest absolute Gasteiger partial charge is 0.335 e. The Labute approximate surface area is 145 Å². The van der Waals surface area contributed by atoms with Crippen molar-refractivity contribution in [2.24, 2.45) is 0 Å². The molecule has 1 aliphatic rings. The minimum Gasteiger partial charge on any atom is -0.478 e. The minimum atomic E-state index is -0.992. The molecule has 1 aromatic carbocycles. The van der Waals surface area contributed by atoms with E-state index in [9.17, 15) is 14.4 Å². The molecule has 1 saturated heterocycles. The van der Waals surface area contributed by atoms with Crippen molar-refractivity contribution in [1.82, 2.24) is 9.80 Å². The number of hydrogen-bond donors (Lipinski definition) is 1. The van der Waals surface area contributed by atoms with E-state index < -0.39 is 12.0 Å². The molecule has 1 aromatic rings. The Morgan fingerprint density at radius 1 is 1.21 bits per heavy atom. The van der Waals surface area contributed by atoms with Gasteiger partial charge < -0.3 is 14.9 Å². The molecule has 1 aliphatic heterocycles. The van der Waals surface area contributed by atoms with Crippen molar-refractivity contribution in [3.8, 4) is 0 Å². The molecule has 1 N–H and O–H groups in total. The highest BCUT2D eigenvalue weighted by molar-refractivity contribution is 7.99. The average molecular weight is 350 g/mol. The summed E-state index contributed by atoms with van der Waals surface area (Å²) in [6.07, 6.45) is 0.169. The molecule has 2 amide bonds. The molecule has 1 fully saturated rings. The van der Waals surface area contributed by atoms with Crippen LogP contribution in [0.1, 0.15) is 29.8 Å². The summed E-state index contributed by atoms with van der Waals surface area (Å²) < 4.78 is 0. The molecule has 0 aliphatic carbocycles. The fourth-order valence-electron chi connectivity index (χ4n) is 2.68. The van der Waals surface area contributed by atoms with E-state index in [1.165, 1.54) is 12.1 Å². The zero-order valence-corrected chi connectivity index (χ0v) is 14.7.